The summed E-state index contributed by atoms with van der Waals surface area (Å²) in [6, 6.07) is 2.20. The van der Waals surface area contributed by atoms with E-state index >= 15 is 0 Å². The van der Waals surface area contributed by atoms with Crippen LogP contribution in [-0.2, 0) is 24.4 Å². The molecule has 1 amide bonds. The first-order valence-corrected chi connectivity index (χ1v) is 10.8. The maximum atomic E-state index is 12.7. The lowest BCUT2D eigenvalue weighted by molar-refractivity contribution is -0.00568. The van der Waals surface area contributed by atoms with Gasteiger partial charge in [-0.3, -0.25) is 9.69 Å². The van der Waals surface area contributed by atoms with Crippen LogP contribution in [0.2, 0.25) is 0 Å². The van der Waals surface area contributed by atoms with Crippen LogP contribution in [0.5, 0.6) is 0 Å². The highest BCUT2D eigenvalue weighted by Gasteiger charge is 2.39. The second-order valence-electron chi connectivity index (χ2n) is 9.13. The molecule has 7 nitrogen and oxygen atoms in total. The highest BCUT2D eigenvalue weighted by atomic mass is 32.1. The Morgan fingerprint density at radius 3 is 2.79 bits per heavy atom. The Labute approximate surface area is 170 Å². The van der Waals surface area contributed by atoms with Gasteiger partial charge in [-0.25, -0.2) is 0 Å². The van der Waals surface area contributed by atoms with Crippen LogP contribution in [0, 0.1) is 5.41 Å². The molecule has 0 saturated carbocycles. The van der Waals surface area contributed by atoms with E-state index in [1.165, 1.54) is 5.56 Å². The number of hydrogen-bond donors (Lipinski definition) is 1. The summed E-state index contributed by atoms with van der Waals surface area (Å²) in [5.41, 5.74) is 1.12. The topological polar surface area (TPSA) is 72.3 Å². The highest BCUT2D eigenvalue weighted by Crippen LogP contribution is 2.37. The number of carbonyl (C=O) groups excluding carboxylic acids is 1. The lowest BCUT2D eigenvalue weighted by Crippen LogP contribution is -2.45. The van der Waals surface area contributed by atoms with Crippen LogP contribution in [-0.4, -0.2) is 50.8 Å². The lowest BCUT2D eigenvalue weighted by atomic mass is 9.78. The predicted octanol–water partition coefficient (Wildman–Crippen LogP) is 2.68. The monoisotopic (exact) mass is 403 g/mol. The predicted molar refractivity (Wildman–Crippen MR) is 108 cm³/mol. The fourth-order valence-electron chi connectivity index (χ4n) is 4.04. The Kier molecular flexibility index (Phi) is 5.28. The standard InChI is InChI=1S/C20H29N5O2S/c1-19(2,3)21-18(26)17-23-22-16-11-27-14-20(13-25(16)17)5-7-24(8-6-20)10-15-4-9-28-12-15/h4,9,12H,5-8,10-11,13-14H2,1-3H3,(H,21,26). The van der Waals surface area contributed by atoms with Crippen molar-refractivity contribution in [2.45, 2.75) is 58.8 Å². The number of thiophene rings is 1. The third-order valence-corrected chi connectivity index (χ3v) is 6.29. The van der Waals surface area contributed by atoms with Gasteiger partial charge in [0.1, 0.15) is 6.61 Å². The zero-order valence-corrected chi connectivity index (χ0v) is 17.7. The van der Waals surface area contributed by atoms with Crippen LogP contribution < -0.4 is 5.32 Å². The number of piperidine rings is 1. The number of carbonyl (C=O) groups is 1. The van der Waals surface area contributed by atoms with Crippen LogP contribution in [0.15, 0.2) is 16.8 Å². The summed E-state index contributed by atoms with van der Waals surface area (Å²) in [5, 5.41) is 15.8. The summed E-state index contributed by atoms with van der Waals surface area (Å²) < 4.78 is 7.97. The largest absolute Gasteiger partial charge is 0.373 e. The second-order valence-corrected chi connectivity index (χ2v) is 9.91. The number of nitrogens with one attached hydrogen (secondary N) is 1. The van der Waals surface area contributed by atoms with Crippen LogP contribution in [0.3, 0.4) is 0 Å². The first-order chi connectivity index (χ1) is 13.3. The second kappa shape index (κ2) is 7.57. The van der Waals surface area contributed by atoms with E-state index in [0.29, 0.717) is 19.0 Å². The fourth-order valence-corrected chi connectivity index (χ4v) is 4.70. The summed E-state index contributed by atoms with van der Waals surface area (Å²) in [6.07, 6.45) is 2.10. The van der Waals surface area contributed by atoms with E-state index in [4.69, 9.17) is 4.74 Å². The fraction of sp³-hybridized carbons (Fsp3) is 0.650. The number of amides is 1. The first kappa shape index (κ1) is 19.5. The molecule has 1 saturated heterocycles. The van der Waals surface area contributed by atoms with Gasteiger partial charge in [0.05, 0.1) is 6.61 Å². The van der Waals surface area contributed by atoms with Crippen LogP contribution in [0.25, 0.3) is 0 Å². The molecule has 1 spiro atoms. The maximum absolute atomic E-state index is 12.7. The molecule has 0 aromatic carbocycles. The summed E-state index contributed by atoms with van der Waals surface area (Å²) >= 11 is 1.75. The number of likely N-dealkylation sites (tertiary alicyclic amines) is 1. The minimum absolute atomic E-state index is 0.0372. The SMILES string of the molecule is CC(C)(C)NC(=O)c1nnc2n1CC1(CCN(Cc3ccsc3)CC1)COC2. The molecular formula is C20H29N5O2S. The molecular weight excluding hydrogens is 374 g/mol. The van der Waals surface area contributed by atoms with E-state index in [1.807, 2.05) is 25.3 Å². The van der Waals surface area contributed by atoms with E-state index in [0.717, 1.165) is 44.8 Å². The van der Waals surface area contributed by atoms with Gasteiger partial charge in [0, 0.05) is 24.0 Å². The third kappa shape index (κ3) is 4.29. The minimum atomic E-state index is -0.310. The van der Waals surface area contributed by atoms with Gasteiger partial charge < -0.3 is 14.6 Å². The van der Waals surface area contributed by atoms with Gasteiger partial charge in [0.25, 0.3) is 5.91 Å². The van der Waals surface area contributed by atoms with Crippen molar-refractivity contribution in [2.75, 3.05) is 19.7 Å². The Balaban J connectivity index is 1.47. The first-order valence-electron chi connectivity index (χ1n) is 9.89. The molecule has 4 heterocycles. The Bertz CT molecular complexity index is 816. The van der Waals surface area contributed by atoms with Crippen molar-refractivity contribution in [1.29, 1.82) is 0 Å². The van der Waals surface area contributed by atoms with Gasteiger partial charge in [-0.15, -0.1) is 10.2 Å². The Morgan fingerprint density at radius 1 is 1.32 bits per heavy atom. The molecule has 2 aromatic heterocycles. The molecule has 2 aliphatic heterocycles. The minimum Gasteiger partial charge on any atom is -0.373 e. The number of ether oxygens (including phenoxy) is 1. The molecule has 0 aliphatic carbocycles. The van der Waals surface area contributed by atoms with Crippen molar-refractivity contribution >= 4 is 17.2 Å². The van der Waals surface area contributed by atoms with E-state index in [-0.39, 0.29) is 16.9 Å². The number of aromatic nitrogens is 3. The van der Waals surface area contributed by atoms with E-state index in [9.17, 15) is 4.79 Å². The van der Waals surface area contributed by atoms with Gasteiger partial charge in [0.2, 0.25) is 5.82 Å². The zero-order valence-electron chi connectivity index (χ0n) is 16.9. The summed E-state index contributed by atoms with van der Waals surface area (Å²) in [6.45, 7) is 10.9. The van der Waals surface area contributed by atoms with Gasteiger partial charge >= 0.3 is 0 Å². The highest BCUT2D eigenvalue weighted by molar-refractivity contribution is 7.07. The molecule has 1 N–H and O–H groups in total. The Morgan fingerprint density at radius 2 is 2.11 bits per heavy atom. The van der Waals surface area contributed by atoms with E-state index in [1.54, 1.807) is 11.3 Å². The molecule has 8 heteroatoms. The molecule has 2 aromatic rings. The molecule has 0 unspecified atom stereocenters. The zero-order chi connectivity index (χ0) is 19.8. The summed E-state index contributed by atoms with van der Waals surface area (Å²) in [7, 11) is 0. The van der Waals surface area contributed by atoms with Crippen LogP contribution >= 0.6 is 11.3 Å². The van der Waals surface area contributed by atoms with E-state index in [2.05, 4.69) is 37.2 Å². The number of rotatable bonds is 3. The number of fused-ring (bicyclic) bond motifs is 1. The van der Waals surface area contributed by atoms with Gasteiger partial charge in [-0.2, -0.15) is 11.3 Å². The molecule has 2 aliphatic rings. The van der Waals surface area contributed by atoms with Crippen molar-refractivity contribution in [3.8, 4) is 0 Å². The van der Waals surface area contributed by atoms with Crippen molar-refractivity contribution in [2.24, 2.45) is 5.41 Å². The summed E-state index contributed by atoms with van der Waals surface area (Å²) in [5.74, 6) is 0.977. The number of nitrogens with zero attached hydrogens (tertiary/aromatic N) is 4. The number of hydrogen-bond acceptors (Lipinski definition) is 6. The molecule has 28 heavy (non-hydrogen) atoms. The smallest absolute Gasteiger partial charge is 0.289 e. The normalized spacial score (nSPS) is 20.0. The van der Waals surface area contributed by atoms with Crippen molar-refractivity contribution in [3.63, 3.8) is 0 Å². The Hall–Kier alpha value is -1.77. The molecule has 1 fully saturated rings. The molecule has 0 bridgehead atoms. The van der Waals surface area contributed by atoms with Gasteiger partial charge in [-0.05, 0) is 69.1 Å². The van der Waals surface area contributed by atoms with E-state index < -0.39 is 0 Å². The van der Waals surface area contributed by atoms with Crippen molar-refractivity contribution < 1.29 is 9.53 Å². The maximum Gasteiger partial charge on any atom is 0.289 e. The van der Waals surface area contributed by atoms with Crippen molar-refractivity contribution in [1.82, 2.24) is 25.0 Å². The quantitative estimate of drug-likeness (QED) is 0.853. The van der Waals surface area contributed by atoms with Crippen LogP contribution in [0.1, 0.15) is 55.6 Å². The molecule has 152 valence electrons. The molecule has 0 atom stereocenters. The average Bonchev–Trinajstić information content (AvgIpc) is 3.23. The average molecular weight is 404 g/mol. The summed E-state index contributed by atoms with van der Waals surface area (Å²) in [4.78, 5) is 15.2. The third-order valence-electron chi connectivity index (χ3n) is 5.55. The van der Waals surface area contributed by atoms with Gasteiger partial charge in [0.15, 0.2) is 5.82 Å². The lowest BCUT2D eigenvalue weighted by Gasteiger charge is -2.41. The molecule has 0 radical (unpaired) electrons. The molecule has 4 rings (SSSR count). The van der Waals surface area contributed by atoms with Crippen LogP contribution in [0.4, 0.5) is 0 Å². The van der Waals surface area contributed by atoms with Crippen molar-refractivity contribution in [3.05, 3.63) is 34.0 Å². The van der Waals surface area contributed by atoms with Gasteiger partial charge in [-0.1, -0.05) is 0 Å².